The second-order valence-electron chi connectivity index (χ2n) is 6.57. The van der Waals surface area contributed by atoms with Crippen LogP contribution in [0.15, 0.2) is 22.0 Å². The summed E-state index contributed by atoms with van der Waals surface area (Å²) in [5.41, 5.74) is 1.69. The standard InChI is InChI=1S/C15H23ClFN/c1-9-8-10(11-6-5-7-18-11)13(16)12(14(9)17)15(2,3)4/h9,11,18H,5-8H2,1-4H3. The van der Waals surface area contributed by atoms with Gasteiger partial charge < -0.3 is 5.32 Å². The SMILES string of the molecule is CC1CC(C2CCCN2)=C(Cl)C(C(C)(C)C)=C1F. The topological polar surface area (TPSA) is 12.0 Å². The summed E-state index contributed by atoms with van der Waals surface area (Å²) in [5.74, 6) is -0.0617. The van der Waals surface area contributed by atoms with E-state index in [1.54, 1.807) is 0 Å². The second kappa shape index (κ2) is 4.97. The van der Waals surface area contributed by atoms with Crippen molar-refractivity contribution in [2.24, 2.45) is 11.3 Å². The maximum Gasteiger partial charge on any atom is 0.108 e. The van der Waals surface area contributed by atoms with Crippen LogP contribution in [0.3, 0.4) is 0 Å². The summed E-state index contributed by atoms with van der Waals surface area (Å²) in [7, 11) is 0. The van der Waals surface area contributed by atoms with Crippen LogP contribution in [0.25, 0.3) is 0 Å². The molecule has 1 aliphatic carbocycles. The molecule has 2 aliphatic rings. The minimum atomic E-state index is -0.236. The molecule has 0 bridgehead atoms. The second-order valence-corrected chi connectivity index (χ2v) is 6.94. The summed E-state index contributed by atoms with van der Waals surface area (Å²) in [6.45, 7) is 9.09. The summed E-state index contributed by atoms with van der Waals surface area (Å²) in [6.07, 6.45) is 3.06. The molecule has 1 aliphatic heterocycles. The van der Waals surface area contributed by atoms with Gasteiger partial charge in [0.25, 0.3) is 0 Å². The molecule has 0 radical (unpaired) electrons. The molecule has 0 saturated carbocycles. The van der Waals surface area contributed by atoms with Crippen molar-refractivity contribution in [3.63, 3.8) is 0 Å². The number of hydrogen-bond acceptors (Lipinski definition) is 1. The van der Waals surface area contributed by atoms with Crippen LogP contribution in [-0.4, -0.2) is 12.6 Å². The smallest absolute Gasteiger partial charge is 0.108 e. The average molecular weight is 272 g/mol. The maximum atomic E-state index is 14.4. The van der Waals surface area contributed by atoms with E-state index in [1.807, 2.05) is 27.7 Å². The monoisotopic (exact) mass is 271 g/mol. The molecule has 0 aromatic rings. The lowest BCUT2D eigenvalue weighted by Crippen LogP contribution is -2.29. The van der Waals surface area contributed by atoms with Gasteiger partial charge in [-0.05, 0) is 36.8 Å². The molecule has 1 fully saturated rings. The molecule has 0 amide bonds. The van der Waals surface area contributed by atoms with Gasteiger partial charge in [0.05, 0.1) is 0 Å². The largest absolute Gasteiger partial charge is 0.310 e. The van der Waals surface area contributed by atoms with Crippen molar-refractivity contribution < 1.29 is 4.39 Å². The molecule has 102 valence electrons. The van der Waals surface area contributed by atoms with Gasteiger partial charge in [0, 0.05) is 22.6 Å². The van der Waals surface area contributed by atoms with Crippen molar-refractivity contribution in [2.45, 2.75) is 53.0 Å². The van der Waals surface area contributed by atoms with Crippen molar-refractivity contribution in [3.05, 3.63) is 22.0 Å². The number of allylic oxidation sites excluding steroid dienone is 3. The Morgan fingerprint density at radius 2 is 2.00 bits per heavy atom. The summed E-state index contributed by atoms with van der Waals surface area (Å²) < 4.78 is 14.4. The fourth-order valence-electron chi connectivity index (χ4n) is 2.99. The third-order valence-electron chi connectivity index (χ3n) is 3.93. The van der Waals surface area contributed by atoms with Crippen molar-refractivity contribution >= 4 is 11.6 Å². The Hall–Kier alpha value is -0.340. The first-order valence-electron chi connectivity index (χ1n) is 6.84. The van der Waals surface area contributed by atoms with E-state index in [2.05, 4.69) is 5.32 Å². The van der Waals surface area contributed by atoms with Crippen molar-refractivity contribution in [2.75, 3.05) is 6.54 Å². The average Bonchev–Trinajstić information content (AvgIpc) is 2.74. The van der Waals surface area contributed by atoms with Gasteiger partial charge in [-0.25, -0.2) is 4.39 Å². The summed E-state index contributed by atoms with van der Waals surface area (Å²) in [6, 6.07) is 0.352. The molecule has 3 heteroatoms. The van der Waals surface area contributed by atoms with Gasteiger partial charge >= 0.3 is 0 Å². The lowest BCUT2D eigenvalue weighted by Gasteiger charge is -2.33. The number of nitrogens with one attached hydrogen (secondary N) is 1. The first-order chi connectivity index (χ1) is 8.32. The van der Waals surface area contributed by atoms with Crippen LogP contribution in [0, 0.1) is 11.3 Å². The lowest BCUT2D eigenvalue weighted by molar-refractivity contribution is 0.408. The van der Waals surface area contributed by atoms with Gasteiger partial charge in [-0.15, -0.1) is 0 Å². The highest BCUT2D eigenvalue weighted by atomic mass is 35.5. The van der Waals surface area contributed by atoms with E-state index >= 15 is 0 Å². The molecular formula is C15H23ClFN. The zero-order chi connectivity index (χ0) is 13.5. The Labute approximate surface area is 114 Å². The van der Waals surface area contributed by atoms with E-state index in [0.717, 1.165) is 19.4 Å². The van der Waals surface area contributed by atoms with Crippen molar-refractivity contribution in [3.8, 4) is 0 Å². The van der Waals surface area contributed by atoms with Gasteiger partial charge in [-0.3, -0.25) is 0 Å². The normalized spacial score (nSPS) is 30.3. The predicted molar refractivity (Wildman–Crippen MR) is 75.3 cm³/mol. The quantitative estimate of drug-likeness (QED) is 0.738. The zero-order valence-electron chi connectivity index (χ0n) is 11.7. The molecule has 1 heterocycles. The number of hydrogen-bond donors (Lipinski definition) is 1. The highest BCUT2D eigenvalue weighted by Crippen LogP contribution is 2.46. The maximum absolute atomic E-state index is 14.4. The van der Waals surface area contributed by atoms with Gasteiger partial charge in [-0.2, -0.15) is 0 Å². The molecule has 1 nitrogen and oxygen atoms in total. The van der Waals surface area contributed by atoms with Crippen LogP contribution < -0.4 is 5.32 Å². The van der Waals surface area contributed by atoms with Crippen LogP contribution in [0.5, 0.6) is 0 Å². The van der Waals surface area contributed by atoms with Gasteiger partial charge in [0.15, 0.2) is 0 Å². The lowest BCUT2D eigenvalue weighted by atomic mass is 9.76. The Balaban J connectivity index is 2.44. The summed E-state index contributed by atoms with van der Waals surface area (Å²) >= 11 is 6.52. The van der Waals surface area contributed by atoms with E-state index in [9.17, 15) is 4.39 Å². The molecule has 2 atom stereocenters. The highest BCUT2D eigenvalue weighted by Gasteiger charge is 2.35. The first-order valence-corrected chi connectivity index (χ1v) is 7.22. The van der Waals surface area contributed by atoms with E-state index in [-0.39, 0.29) is 17.2 Å². The number of halogens is 2. The minimum Gasteiger partial charge on any atom is -0.310 e. The van der Waals surface area contributed by atoms with Crippen molar-refractivity contribution in [1.29, 1.82) is 0 Å². The van der Waals surface area contributed by atoms with Crippen LogP contribution in [-0.2, 0) is 0 Å². The summed E-state index contributed by atoms with van der Waals surface area (Å²) in [4.78, 5) is 0. The molecular weight excluding hydrogens is 249 g/mol. The van der Waals surface area contributed by atoms with Crippen LogP contribution in [0.2, 0.25) is 0 Å². The molecule has 1 saturated heterocycles. The summed E-state index contributed by atoms with van der Waals surface area (Å²) in [5, 5.41) is 4.15. The predicted octanol–water partition coefficient (Wildman–Crippen LogP) is 4.54. The Morgan fingerprint density at radius 3 is 2.50 bits per heavy atom. The van der Waals surface area contributed by atoms with Crippen LogP contribution >= 0.6 is 11.6 Å². The van der Waals surface area contributed by atoms with Crippen molar-refractivity contribution in [1.82, 2.24) is 5.32 Å². The van der Waals surface area contributed by atoms with E-state index < -0.39 is 0 Å². The molecule has 0 spiro atoms. The molecule has 2 unspecified atom stereocenters. The fourth-order valence-corrected chi connectivity index (χ4v) is 3.57. The first kappa shape index (κ1) is 14.1. The molecule has 0 aromatic heterocycles. The molecule has 2 rings (SSSR count). The van der Waals surface area contributed by atoms with E-state index in [4.69, 9.17) is 11.6 Å². The van der Waals surface area contributed by atoms with E-state index in [0.29, 0.717) is 16.6 Å². The molecule has 1 N–H and O–H groups in total. The highest BCUT2D eigenvalue weighted by molar-refractivity contribution is 6.32. The van der Waals surface area contributed by atoms with Gasteiger partial charge in [0.1, 0.15) is 5.83 Å². The molecule has 18 heavy (non-hydrogen) atoms. The van der Waals surface area contributed by atoms with Gasteiger partial charge in [-0.1, -0.05) is 39.3 Å². The Kier molecular flexibility index (Phi) is 3.89. The van der Waals surface area contributed by atoms with E-state index in [1.165, 1.54) is 12.0 Å². The zero-order valence-corrected chi connectivity index (χ0v) is 12.5. The van der Waals surface area contributed by atoms with Crippen LogP contribution in [0.4, 0.5) is 4.39 Å². The van der Waals surface area contributed by atoms with Crippen LogP contribution in [0.1, 0.15) is 47.0 Å². The minimum absolute atomic E-state index is 0.0192. The third-order valence-corrected chi connectivity index (χ3v) is 4.36. The fraction of sp³-hybridized carbons (Fsp3) is 0.733. The number of rotatable bonds is 1. The van der Waals surface area contributed by atoms with Gasteiger partial charge in [0.2, 0.25) is 0 Å². The molecule has 0 aromatic carbocycles. The Bertz CT molecular complexity index is 397. The third kappa shape index (κ3) is 2.50. The Morgan fingerprint density at radius 1 is 1.33 bits per heavy atom.